The van der Waals surface area contributed by atoms with Crippen LogP contribution in [-0.4, -0.2) is 14.8 Å². The van der Waals surface area contributed by atoms with Gasteiger partial charge in [0.15, 0.2) is 4.77 Å². The van der Waals surface area contributed by atoms with E-state index in [9.17, 15) is 0 Å². The van der Waals surface area contributed by atoms with E-state index in [1.54, 1.807) is 0 Å². The summed E-state index contributed by atoms with van der Waals surface area (Å²) < 4.78 is 3.06. The Morgan fingerprint density at radius 3 is 2.89 bits per heavy atom. The highest BCUT2D eigenvalue weighted by Gasteiger charge is 2.32. The first kappa shape index (κ1) is 11.4. The lowest BCUT2D eigenvalue weighted by atomic mass is 9.87. The Hall–Kier alpha value is -1.42. The largest absolute Gasteiger partial charge is 0.296 e. The molecule has 98 valence electrons. The van der Waals surface area contributed by atoms with Crippen LogP contribution in [0.2, 0.25) is 0 Å². The van der Waals surface area contributed by atoms with Crippen LogP contribution in [-0.2, 0) is 6.42 Å². The van der Waals surface area contributed by atoms with E-state index < -0.39 is 0 Å². The van der Waals surface area contributed by atoms with Crippen molar-refractivity contribution in [2.24, 2.45) is 0 Å². The Morgan fingerprint density at radius 1 is 1.21 bits per heavy atom. The summed E-state index contributed by atoms with van der Waals surface area (Å²) in [5.41, 5.74) is 2.91. The number of aromatic nitrogens is 3. The van der Waals surface area contributed by atoms with E-state index in [0.29, 0.717) is 12.0 Å². The zero-order valence-corrected chi connectivity index (χ0v) is 11.6. The summed E-state index contributed by atoms with van der Waals surface area (Å²) >= 11 is 5.47. The smallest absolute Gasteiger partial charge is 0.195 e. The van der Waals surface area contributed by atoms with Gasteiger partial charge in [0, 0.05) is 5.92 Å². The second-order valence-electron chi connectivity index (χ2n) is 5.64. The minimum atomic E-state index is 0.381. The van der Waals surface area contributed by atoms with Gasteiger partial charge in [-0.05, 0) is 55.4 Å². The van der Waals surface area contributed by atoms with Crippen molar-refractivity contribution in [1.29, 1.82) is 0 Å². The van der Waals surface area contributed by atoms with Crippen LogP contribution in [0.1, 0.15) is 54.6 Å². The number of hydrogen-bond acceptors (Lipinski definition) is 2. The Balaban J connectivity index is 1.86. The summed E-state index contributed by atoms with van der Waals surface area (Å²) in [5.74, 6) is 1.80. The second kappa shape index (κ2) is 4.30. The third-order valence-corrected chi connectivity index (χ3v) is 4.61. The van der Waals surface area contributed by atoms with Crippen molar-refractivity contribution < 1.29 is 0 Å². The lowest BCUT2D eigenvalue weighted by molar-refractivity contribution is 0.470. The fraction of sp³-hybridized carbons (Fsp3) is 0.467. The molecule has 4 heteroatoms. The zero-order chi connectivity index (χ0) is 12.8. The number of rotatable bonds is 2. The quantitative estimate of drug-likeness (QED) is 0.844. The molecule has 1 aromatic heterocycles. The standard InChI is InChI=1S/C15H17N3S/c19-15-17-16-14(11-8-9-11)18(15)13-7-3-5-10-4-1-2-6-12(10)13/h1-2,4,6,11,13H,3,5,7-9H2,(H,17,19). The van der Waals surface area contributed by atoms with Crippen LogP contribution in [0.15, 0.2) is 24.3 Å². The van der Waals surface area contributed by atoms with Crippen molar-refractivity contribution in [3.05, 3.63) is 46.0 Å². The number of benzene rings is 1. The van der Waals surface area contributed by atoms with Gasteiger partial charge < -0.3 is 0 Å². The normalized spacial score (nSPS) is 22.2. The lowest BCUT2D eigenvalue weighted by Crippen LogP contribution is -2.19. The molecule has 0 radical (unpaired) electrons. The Labute approximate surface area is 117 Å². The van der Waals surface area contributed by atoms with Gasteiger partial charge in [-0.2, -0.15) is 5.10 Å². The van der Waals surface area contributed by atoms with Gasteiger partial charge in [0.1, 0.15) is 5.82 Å². The second-order valence-corrected chi connectivity index (χ2v) is 6.02. The molecular weight excluding hydrogens is 254 g/mol. The third-order valence-electron chi connectivity index (χ3n) is 4.32. The molecule has 1 heterocycles. The SMILES string of the molecule is S=c1[nH]nc(C2CC2)n1C1CCCc2ccccc21. The van der Waals surface area contributed by atoms with E-state index in [1.807, 2.05) is 0 Å². The fourth-order valence-electron chi connectivity index (χ4n) is 3.24. The summed E-state index contributed by atoms with van der Waals surface area (Å²) in [7, 11) is 0. The Bertz CT molecular complexity index is 666. The van der Waals surface area contributed by atoms with Gasteiger partial charge in [-0.1, -0.05) is 24.3 Å². The lowest BCUT2D eigenvalue weighted by Gasteiger charge is -2.27. The molecule has 2 aromatic rings. The molecule has 2 aliphatic carbocycles. The first-order valence-corrected chi connectivity index (χ1v) is 7.50. The summed E-state index contributed by atoms with van der Waals surface area (Å²) in [6.45, 7) is 0. The van der Waals surface area contributed by atoms with Crippen molar-refractivity contribution in [3.63, 3.8) is 0 Å². The molecule has 4 rings (SSSR count). The number of hydrogen-bond donors (Lipinski definition) is 1. The van der Waals surface area contributed by atoms with Crippen LogP contribution < -0.4 is 0 Å². The molecule has 1 atom stereocenters. The molecule has 19 heavy (non-hydrogen) atoms. The molecule has 0 spiro atoms. The van der Waals surface area contributed by atoms with Crippen LogP contribution in [0.5, 0.6) is 0 Å². The predicted octanol–water partition coefficient (Wildman–Crippen LogP) is 3.74. The van der Waals surface area contributed by atoms with Crippen molar-refractivity contribution in [1.82, 2.24) is 14.8 Å². The van der Waals surface area contributed by atoms with Crippen LogP contribution in [0.3, 0.4) is 0 Å². The maximum atomic E-state index is 5.47. The van der Waals surface area contributed by atoms with E-state index in [1.165, 1.54) is 49.1 Å². The molecule has 0 saturated heterocycles. The van der Waals surface area contributed by atoms with E-state index in [-0.39, 0.29) is 0 Å². The molecule has 1 saturated carbocycles. The number of aryl methyl sites for hydroxylation is 1. The van der Waals surface area contributed by atoms with Crippen LogP contribution in [0.4, 0.5) is 0 Å². The number of aromatic amines is 1. The van der Waals surface area contributed by atoms with E-state index in [0.717, 1.165) is 4.77 Å². The molecule has 1 aromatic carbocycles. The minimum Gasteiger partial charge on any atom is -0.296 e. The van der Waals surface area contributed by atoms with Crippen LogP contribution in [0, 0.1) is 4.77 Å². The monoisotopic (exact) mass is 271 g/mol. The van der Waals surface area contributed by atoms with Crippen molar-refractivity contribution in [2.45, 2.75) is 44.1 Å². The highest BCUT2D eigenvalue weighted by molar-refractivity contribution is 7.71. The third kappa shape index (κ3) is 1.86. The Morgan fingerprint density at radius 2 is 2.05 bits per heavy atom. The first-order chi connectivity index (χ1) is 9.34. The molecule has 0 bridgehead atoms. The van der Waals surface area contributed by atoms with Gasteiger partial charge in [-0.15, -0.1) is 0 Å². The summed E-state index contributed by atoms with van der Waals surface area (Å²) in [4.78, 5) is 0. The topological polar surface area (TPSA) is 33.6 Å². The average Bonchev–Trinajstić information content (AvgIpc) is 3.22. The predicted molar refractivity (Wildman–Crippen MR) is 76.9 cm³/mol. The number of nitrogens with one attached hydrogen (secondary N) is 1. The maximum Gasteiger partial charge on any atom is 0.195 e. The summed E-state index contributed by atoms with van der Waals surface area (Å²) in [5, 5.41) is 7.47. The van der Waals surface area contributed by atoms with Gasteiger partial charge >= 0.3 is 0 Å². The highest BCUT2D eigenvalue weighted by atomic mass is 32.1. The minimum absolute atomic E-state index is 0.381. The summed E-state index contributed by atoms with van der Waals surface area (Å²) in [6, 6.07) is 9.16. The van der Waals surface area contributed by atoms with Gasteiger partial charge in [-0.25, -0.2) is 0 Å². The van der Waals surface area contributed by atoms with Crippen molar-refractivity contribution in [2.75, 3.05) is 0 Å². The molecule has 1 unspecified atom stereocenters. The Kier molecular flexibility index (Phi) is 2.58. The number of fused-ring (bicyclic) bond motifs is 1. The molecular formula is C15H17N3S. The van der Waals surface area contributed by atoms with E-state index in [2.05, 4.69) is 39.0 Å². The molecule has 0 amide bonds. The number of nitrogens with zero attached hydrogens (tertiary/aromatic N) is 2. The average molecular weight is 271 g/mol. The van der Waals surface area contributed by atoms with E-state index in [4.69, 9.17) is 12.2 Å². The molecule has 0 aliphatic heterocycles. The van der Waals surface area contributed by atoms with E-state index >= 15 is 0 Å². The van der Waals surface area contributed by atoms with Crippen molar-refractivity contribution >= 4 is 12.2 Å². The van der Waals surface area contributed by atoms with Gasteiger partial charge in [0.05, 0.1) is 6.04 Å². The molecule has 1 fully saturated rings. The zero-order valence-electron chi connectivity index (χ0n) is 10.8. The van der Waals surface area contributed by atoms with Crippen LogP contribution >= 0.6 is 12.2 Å². The highest BCUT2D eigenvalue weighted by Crippen LogP contribution is 2.42. The number of H-pyrrole nitrogens is 1. The molecule has 3 nitrogen and oxygen atoms in total. The maximum absolute atomic E-state index is 5.47. The van der Waals surface area contributed by atoms with Crippen LogP contribution in [0.25, 0.3) is 0 Å². The summed E-state index contributed by atoms with van der Waals surface area (Å²) in [6.07, 6.45) is 6.11. The molecule has 1 N–H and O–H groups in total. The van der Waals surface area contributed by atoms with Crippen molar-refractivity contribution in [3.8, 4) is 0 Å². The fourth-order valence-corrected chi connectivity index (χ4v) is 3.51. The first-order valence-electron chi connectivity index (χ1n) is 7.09. The van der Waals surface area contributed by atoms with Gasteiger partial charge in [0.25, 0.3) is 0 Å². The van der Waals surface area contributed by atoms with Gasteiger partial charge in [-0.3, -0.25) is 9.67 Å². The van der Waals surface area contributed by atoms with Gasteiger partial charge in [0.2, 0.25) is 0 Å². The molecule has 2 aliphatic rings.